The highest BCUT2D eigenvalue weighted by atomic mass is 16.5. The van der Waals surface area contributed by atoms with Crippen molar-refractivity contribution in [2.45, 2.75) is 31.8 Å². The number of benzene rings is 1. The number of aliphatic hydroxyl groups is 1. The topological polar surface area (TPSA) is 84.9 Å². The molecule has 0 aliphatic heterocycles. The number of amides is 1. The summed E-state index contributed by atoms with van der Waals surface area (Å²) in [5.41, 5.74) is 0.737. The molecule has 1 unspecified atom stereocenters. The van der Waals surface area contributed by atoms with Crippen LogP contribution in [0.5, 0.6) is 5.75 Å². The van der Waals surface area contributed by atoms with Gasteiger partial charge in [-0.05, 0) is 42.5 Å². The predicted octanol–water partition coefficient (Wildman–Crippen LogP) is 0.898. The highest BCUT2D eigenvalue weighted by molar-refractivity contribution is 5.79. The molecule has 6 nitrogen and oxygen atoms in total. The summed E-state index contributed by atoms with van der Waals surface area (Å²) < 4.78 is 9.83. The Morgan fingerprint density at radius 1 is 1.41 bits per heavy atom. The molecule has 0 fully saturated rings. The molecule has 0 saturated carbocycles. The van der Waals surface area contributed by atoms with Crippen molar-refractivity contribution in [3.63, 3.8) is 0 Å². The summed E-state index contributed by atoms with van der Waals surface area (Å²) in [6.07, 6.45) is 2.27. The van der Waals surface area contributed by atoms with Gasteiger partial charge in [-0.15, -0.1) is 0 Å². The van der Waals surface area contributed by atoms with Gasteiger partial charge in [0.05, 0.1) is 13.7 Å². The van der Waals surface area contributed by atoms with Crippen LogP contribution in [0.15, 0.2) is 18.2 Å². The van der Waals surface area contributed by atoms with Gasteiger partial charge in [-0.1, -0.05) is 6.07 Å². The van der Waals surface area contributed by atoms with Crippen molar-refractivity contribution < 1.29 is 24.2 Å². The van der Waals surface area contributed by atoms with Crippen LogP contribution in [-0.4, -0.2) is 37.2 Å². The van der Waals surface area contributed by atoms with Gasteiger partial charge in [0, 0.05) is 6.92 Å². The minimum Gasteiger partial charge on any atom is -0.497 e. The second-order valence-electron chi connectivity index (χ2n) is 5.47. The lowest BCUT2D eigenvalue weighted by molar-refractivity contribution is -0.146. The second-order valence-corrected chi connectivity index (χ2v) is 5.47. The Morgan fingerprint density at radius 3 is 2.86 bits per heavy atom. The Bertz CT molecular complexity index is 572. The molecule has 2 N–H and O–H groups in total. The summed E-state index contributed by atoms with van der Waals surface area (Å²) in [5, 5.41) is 13.5. The van der Waals surface area contributed by atoms with E-state index in [4.69, 9.17) is 4.74 Å². The third-order valence-electron chi connectivity index (χ3n) is 3.83. The fraction of sp³-hybridized carbons (Fsp3) is 0.500. The minimum atomic E-state index is -1.11. The maximum absolute atomic E-state index is 11.6. The van der Waals surface area contributed by atoms with Crippen LogP contribution in [0.1, 0.15) is 30.9 Å². The first kappa shape index (κ1) is 16.3. The number of carbonyl (C=O) groups excluding carboxylic acids is 2. The molecule has 1 amide bonds. The van der Waals surface area contributed by atoms with Crippen LogP contribution in [0, 0.1) is 0 Å². The van der Waals surface area contributed by atoms with Gasteiger partial charge in [0.25, 0.3) is 5.91 Å². The van der Waals surface area contributed by atoms with E-state index >= 15 is 0 Å². The Labute approximate surface area is 129 Å². The summed E-state index contributed by atoms with van der Waals surface area (Å²) in [7, 11) is 1.60. The number of hydrogen-bond donors (Lipinski definition) is 2. The first-order valence-electron chi connectivity index (χ1n) is 7.24. The van der Waals surface area contributed by atoms with Crippen molar-refractivity contribution >= 4 is 11.9 Å². The Hall–Kier alpha value is -2.08. The molecule has 1 atom stereocenters. The summed E-state index contributed by atoms with van der Waals surface area (Å²) in [5.74, 6) is -0.185. The summed E-state index contributed by atoms with van der Waals surface area (Å²) in [6, 6.07) is 5.56. The zero-order chi connectivity index (χ0) is 16.2. The van der Waals surface area contributed by atoms with E-state index in [2.05, 4.69) is 10.1 Å². The minimum absolute atomic E-state index is 0.0897. The van der Waals surface area contributed by atoms with Crippen molar-refractivity contribution in [1.82, 2.24) is 5.32 Å². The van der Waals surface area contributed by atoms with Crippen molar-refractivity contribution in [1.29, 1.82) is 0 Å². The van der Waals surface area contributed by atoms with Crippen LogP contribution in [0.2, 0.25) is 0 Å². The lowest BCUT2D eigenvalue weighted by Crippen LogP contribution is -2.44. The summed E-state index contributed by atoms with van der Waals surface area (Å²) in [6.45, 7) is 0.999. The SMILES string of the molecule is COc1ccc2c(c1)CCCC2(O)CNC(=O)COC(C)=O. The fourth-order valence-corrected chi connectivity index (χ4v) is 2.71. The van der Waals surface area contributed by atoms with Crippen molar-refractivity contribution in [3.8, 4) is 5.75 Å². The van der Waals surface area contributed by atoms with Crippen LogP contribution in [0.25, 0.3) is 0 Å². The number of carbonyl (C=O) groups is 2. The molecule has 120 valence electrons. The second kappa shape index (κ2) is 6.79. The van der Waals surface area contributed by atoms with Gasteiger partial charge < -0.3 is 19.9 Å². The molecule has 2 rings (SSSR count). The highest BCUT2D eigenvalue weighted by Gasteiger charge is 2.34. The first-order chi connectivity index (χ1) is 10.4. The molecule has 0 aromatic heterocycles. The number of nitrogens with one attached hydrogen (secondary N) is 1. The molecule has 1 aromatic rings. The molecular formula is C16H21NO5. The largest absolute Gasteiger partial charge is 0.497 e. The fourth-order valence-electron chi connectivity index (χ4n) is 2.71. The van der Waals surface area contributed by atoms with Gasteiger partial charge in [0.15, 0.2) is 6.61 Å². The zero-order valence-electron chi connectivity index (χ0n) is 12.8. The predicted molar refractivity (Wildman–Crippen MR) is 79.5 cm³/mol. The number of esters is 1. The highest BCUT2D eigenvalue weighted by Crippen LogP contribution is 2.36. The lowest BCUT2D eigenvalue weighted by atomic mass is 9.79. The maximum Gasteiger partial charge on any atom is 0.303 e. The number of aryl methyl sites for hydroxylation is 1. The van der Waals surface area contributed by atoms with Gasteiger partial charge in [0.2, 0.25) is 0 Å². The lowest BCUT2D eigenvalue weighted by Gasteiger charge is -2.34. The molecule has 1 aromatic carbocycles. The molecule has 22 heavy (non-hydrogen) atoms. The summed E-state index contributed by atoms with van der Waals surface area (Å²) >= 11 is 0. The molecule has 1 aliphatic carbocycles. The molecule has 0 radical (unpaired) electrons. The van der Waals surface area contributed by atoms with E-state index in [1.165, 1.54) is 6.92 Å². The van der Waals surface area contributed by atoms with Crippen LogP contribution in [-0.2, 0) is 26.3 Å². The average Bonchev–Trinajstić information content (AvgIpc) is 2.51. The Balaban J connectivity index is 2.05. The number of hydrogen-bond acceptors (Lipinski definition) is 5. The first-order valence-corrected chi connectivity index (χ1v) is 7.24. The number of ether oxygens (including phenoxy) is 2. The quantitative estimate of drug-likeness (QED) is 0.790. The number of methoxy groups -OCH3 is 1. The van der Waals surface area contributed by atoms with Gasteiger partial charge in [-0.2, -0.15) is 0 Å². The van der Waals surface area contributed by atoms with E-state index in [1.807, 2.05) is 12.1 Å². The molecule has 1 aliphatic rings. The number of fused-ring (bicyclic) bond motifs is 1. The van der Waals surface area contributed by atoms with E-state index in [1.54, 1.807) is 13.2 Å². The van der Waals surface area contributed by atoms with Gasteiger partial charge >= 0.3 is 5.97 Å². The van der Waals surface area contributed by atoms with Crippen LogP contribution in [0.4, 0.5) is 0 Å². The smallest absolute Gasteiger partial charge is 0.303 e. The normalized spacial score (nSPS) is 20.0. The van der Waals surface area contributed by atoms with Gasteiger partial charge in [0.1, 0.15) is 11.4 Å². The van der Waals surface area contributed by atoms with Crippen molar-refractivity contribution in [2.24, 2.45) is 0 Å². The van der Waals surface area contributed by atoms with E-state index < -0.39 is 17.5 Å². The monoisotopic (exact) mass is 307 g/mol. The molecular weight excluding hydrogens is 286 g/mol. The third-order valence-corrected chi connectivity index (χ3v) is 3.83. The molecule has 0 saturated heterocycles. The van der Waals surface area contributed by atoms with E-state index in [-0.39, 0.29) is 13.2 Å². The van der Waals surface area contributed by atoms with Gasteiger partial charge in [-0.25, -0.2) is 0 Å². The van der Waals surface area contributed by atoms with Crippen LogP contribution >= 0.6 is 0 Å². The standard InChI is InChI=1S/C16H21NO5/c1-11(18)22-9-15(19)17-10-16(20)7-3-4-12-8-13(21-2)5-6-14(12)16/h5-6,8,20H,3-4,7,9-10H2,1-2H3,(H,17,19). The third kappa shape index (κ3) is 3.76. The van der Waals surface area contributed by atoms with Crippen LogP contribution < -0.4 is 10.1 Å². The average molecular weight is 307 g/mol. The van der Waals surface area contributed by atoms with Crippen LogP contribution in [0.3, 0.4) is 0 Å². The zero-order valence-corrected chi connectivity index (χ0v) is 12.8. The maximum atomic E-state index is 11.6. The Morgan fingerprint density at radius 2 is 2.18 bits per heavy atom. The molecule has 6 heteroatoms. The molecule has 0 heterocycles. The summed E-state index contributed by atoms with van der Waals surface area (Å²) in [4.78, 5) is 22.3. The Kier molecular flexibility index (Phi) is 5.03. The van der Waals surface area contributed by atoms with Crippen molar-refractivity contribution in [2.75, 3.05) is 20.3 Å². The molecule has 0 spiro atoms. The van der Waals surface area contributed by atoms with E-state index in [9.17, 15) is 14.7 Å². The van der Waals surface area contributed by atoms with Crippen molar-refractivity contribution in [3.05, 3.63) is 29.3 Å². The number of rotatable bonds is 5. The van der Waals surface area contributed by atoms with Gasteiger partial charge in [-0.3, -0.25) is 9.59 Å². The molecule has 0 bridgehead atoms. The van der Waals surface area contributed by atoms with E-state index in [0.717, 1.165) is 29.7 Å². The van der Waals surface area contributed by atoms with E-state index in [0.29, 0.717) is 6.42 Å².